The van der Waals surface area contributed by atoms with E-state index in [-0.39, 0.29) is 24.9 Å². The number of amides is 4. The Kier molecular flexibility index (Phi) is 5.17. The quantitative estimate of drug-likeness (QED) is 0.620. The second-order valence-corrected chi connectivity index (χ2v) is 3.65. The number of imide groups is 1. The van der Waals surface area contributed by atoms with Crippen LogP contribution in [0, 0.1) is 0 Å². The molecule has 1 rings (SSSR count). The van der Waals surface area contributed by atoms with Crippen LogP contribution in [0.5, 0.6) is 0 Å². The van der Waals surface area contributed by atoms with Gasteiger partial charge in [-0.1, -0.05) is 0 Å². The van der Waals surface area contributed by atoms with E-state index in [1.165, 1.54) is 11.9 Å². The molecule has 0 aromatic carbocycles. The minimum absolute atomic E-state index is 0.113. The first-order valence-corrected chi connectivity index (χ1v) is 5.59. The summed E-state index contributed by atoms with van der Waals surface area (Å²) in [5, 5.41) is 4.52. The Balaban J connectivity index is 2.67. The third-order valence-electron chi connectivity index (χ3n) is 2.31. The normalized spacial score (nSPS) is 19.6. The van der Waals surface area contributed by atoms with Crippen molar-refractivity contribution in [3.63, 3.8) is 0 Å². The van der Waals surface area contributed by atoms with Crippen LogP contribution in [0.3, 0.4) is 0 Å². The van der Waals surface area contributed by atoms with Gasteiger partial charge in [0.25, 0.3) is 0 Å². The van der Waals surface area contributed by atoms with E-state index in [4.69, 9.17) is 16.3 Å². The van der Waals surface area contributed by atoms with Crippen LogP contribution in [0.15, 0.2) is 0 Å². The maximum Gasteiger partial charge on any atom is 0.324 e. The maximum atomic E-state index is 11.7. The number of likely N-dealkylation sites (N-methyl/N-ethyl adjacent to an activating group) is 1. The van der Waals surface area contributed by atoms with Crippen LogP contribution in [-0.4, -0.2) is 61.5 Å². The molecule has 2 N–H and O–H groups in total. The molecule has 0 aromatic heterocycles. The molecule has 0 bridgehead atoms. The van der Waals surface area contributed by atoms with E-state index in [1.54, 1.807) is 0 Å². The fourth-order valence-electron chi connectivity index (χ4n) is 1.46. The number of rotatable bonds is 2. The molecule has 1 heterocycles. The lowest BCUT2D eigenvalue weighted by Gasteiger charge is -2.33. The van der Waals surface area contributed by atoms with Crippen molar-refractivity contribution < 1.29 is 19.1 Å². The van der Waals surface area contributed by atoms with Gasteiger partial charge in [-0.3, -0.25) is 14.9 Å². The minimum Gasteiger partial charge on any atom is -0.377 e. The Labute approximate surface area is 103 Å². The summed E-state index contributed by atoms with van der Waals surface area (Å²) in [6.07, 6.45) is 0. The number of ether oxygens (including phenoxy) is 1. The van der Waals surface area contributed by atoms with Crippen LogP contribution in [-0.2, 0) is 14.3 Å². The Morgan fingerprint density at radius 3 is 2.76 bits per heavy atom. The standard InChI is InChI=1S/C9H14ClN3O4/c1-11-8(15)6-5-17-3-2-13(6)9(16)12-7(14)4-10/h6H,2-5H2,1H3,(H,11,15)(H,12,14,16). The van der Waals surface area contributed by atoms with Crippen molar-refractivity contribution in [2.24, 2.45) is 0 Å². The van der Waals surface area contributed by atoms with E-state index in [1.807, 2.05) is 0 Å². The highest BCUT2D eigenvalue weighted by atomic mass is 35.5. The number of carbonyl (C=O) groups is 3. The summed E-state index contributed by atoms with van der Waals surface area (Å²) in [5.74, 6) is -1.24. The number of nitrogens with one attached hydrogen (secondary N) is 2. The van der Waals surface area contributed by atoms with Gasteiger partial charge in [0.15, 0.2) is 0 Å². The zero-order chi connectivity index (χ0) is 12.8. The minimum atomic E-state index is -0.725. The van der Waals surface area contributed by atoms with Crippen LogP contribution in [0.1, 0.15) is 0 Å². The number of nitrogens with zero attached hydrogens (tertiary/aromatic N) is 1. The Hall–Kier alpha value is -1.34. The summed E-state index contributed by atoms with van der Waals surface area (Å²) < 4.78 is 5.12. The number of urea groups is 1. The van der Waals surface area contributed by atoms with Gasteiger partial charge < -0.3 is 15.0 Å². The predicted octanol–water partition coefficient (Wildman–Crippen LogP) is -1.09. The molecule has 1 aliphatic rings. The van der Waals surface area contributed by atoms with Gasteiger partial charge in [-0.2, -0.15) is 0 Å². The molecule has 8 heteroatoms. The van der Waals surface area contributed by atoms with Crippen molar-refractivity contribution in [2.45, 2.75) is 6.04 Å². The monoisotopic (exact) mass is 263 g/mol. The van der Waals surface area contributed by atoms with Crippen molar-refractivity contribution >= 4 is 29.4 Å². The largest absolute Gasteiger partial charge is 0.377 e. The first-order valence-electron chi connectivity index (χ1n) is 5.06. The third kappa shape index (κ3) is 3.57. The molecule has 4 amide bonds. The van der Waals surface area contributed by atoms with Gasteiger partial charge in [-0.25, -0.2) is 4.79 Å². The van der Waals surface area contributed by atoms with E-state index in [0.717, 1.165) is 0 Å². The second kappa shape index (κ2) is 6.41. The van der Waals surface area contributed by atoms with Crippen molar-refractivity contribution in [3.05, 3.63) is 0 Å². The van der Waals surface area contributed by atoms with Crippen LogP contribution in [0.2, 0.25) is 0 Å². The molecule has 0 radical (unpaired) electrons. The number of morpholine rings is 1. The summed E-state index contributed by atoms with van der Waals surface area (Å²) in [6, 6.07) is -1.36. The van der Waals surface area contributed by atoms with E-state index in [0.29, 0.717) is 6.61 Å². The molecular weight excluding hydrogens is 250 g/mol. The molecule has 96 valence electrons. The molecule has 1 aliphatic heterocycles. The van der Waals surface area contributed by atoms with Gasteiger partial charge in [0.2, 0.25) is 11.8 Å². The van der Waals surface area contributed by atoms with Crippen LogP contribution >= 0.6 is 11.6 Å². The molecule has 17 heavy (non-hydrogen) atoms. The summed E-state index contributed by atoms with van der Waals surface area (Å²) in [6.45, 7) is 0.692. The number of hydrogen-bond acceptors (Lipinski definition) is 4. The summed E-state index contributed by atoms with van der Waals surface area (Å²) in [5.41, 5.74) is 0. The Morgan fingerprint density at radius 2 is 2.18 bits per heavy atom. The SMILES string of the molecule is CNC(=O)C1COCCN1C(=O)NC(=O)CCl. The fraction of sp³-hybridized carbons (Fsp3) is 0.667. The van der Waals surface area contributed by atoms with Crippen LogP contribution < -0.4 is 10.6 Å². The lowest BCUT2D eigenvalue weighted by molar-refractivity contribution is -0.130. The molecule has 0 aliphatic carbocycles. The van der Waals surface area contributed by atoms with Gasteiger partial charge in [-0.05, 0) is 0 Å². The van der Waals surface area contributed by atoms with E-state index in [2.05, 4.69) is 10.6 Å². The van der Waals surface area contributed by atoms with E-state index < -0.39 is 18.0 Å². The second-order valence-electron chi connectivity index (χ2n) is 3.39. The first kappa shape index (κ1) is 13.7. The smallest absolute Gasteiger partial charge is 0.324 e. The van der Waals surface area contributed by atoms with Crippen LogP contribution in [0.25, 0.3) is 0 Å². The lowest BCUT2D eigenvalue weighted by Crippen LogP contribution is -2.58. The molecule has 1 atom stereocenters. The molecule has 0 aromatic rings. The highest BCUT2D eigenvalue weighted by Gasteiger charge is 2.32. The zero-order valence-electron chi connectivity index (χ0n) is 9.36. The van der Waals surface area contributed by atoms with Crippen molar-refractivity contribution in [1.29, 1.82) is 0 Å². The fourth-order valence-corrected chi connectivity index (χ4v) is 1.52. The highest BCUT2D eigenvalue weighted by molar-refractivity contribution is 6.28. The zero-order valence-corrected chi connectivity index (χ0v) is 10.1. The molecule has 0 spiro atoms. The molecule has 1 fully saturated rings. The van der Waals surface area contributed by atoms with Crippen molar-refractivity contribution in [1.82, 2.24) is 15.5 Å². The summed E-state index contributed by atoms with van der Waals surface area (Å²) >= 11 is 5.27. The van der Waals surface area contributed by atoms with Gasteiger partial charge >= 0.3 is 6.03 Å². The van der Waals surface area contributed by atoms with E-state index in [9.17, 15) is 14.4 Å². The van der Waals surface area contributed by atoms with Crippen LogP contribution in [0.4, 0.5) is 4.79 Å². The lowest BCUT2D eigenvalue weighted by atomic mass is 10.2. The van der Waals surface area contributed by atoms with Gasteiger partial charge in [0.05, 0.1) is 13.2 Å². The number of carbonyl (C=O) groups excluding carboxylic acids is 3. The van der Waals surface area contributed by atoms with E-state index >= 15 is 0 Å². The molecular formula is C9H14ClN3O4. The van der Waals surface area contributed by atoms with Crippen molar-refractivity contribution in [3.8, 4) is 0 Å². The van der Waals surface area contributed by atoms with Gasteiger partial charge in [0, 0.05) is 13.6 Å². The molecule has 1 saturated heterocycles. The summed E-state index contributed by atoms with van der Waals surface area (Å²) in [4.78, 5) is 35.5. The third-order valence-corrected chi connectivity index (χ3v) is 2.55. The number of alkyl halides is 1. The molecule has 0 saturated carbocycles. The molecule has 1 unspecified atom stereocenters. The Bertz CT molecular complexity index is 323. The van der Waals surface area contributed by atoms with Crippen molar-refractivity contribution in [2.75, 3.05) is 32.7 Å². The first-order chi connectivity index (χ1) is 8.10. The summed E-state index contributed by atoms with van der Waals surface area (Å²) in [7, 11) is 1.47. The average molecular weight is 264 g/mol. The average Bonchev–Trinajstić information content (AvgIpc) is 2.37. The number of halogens is 1. The van der Waals surface area contributed by atoms with Gasteiger partial charge in [0.1, 0.15) is 11.9 Å². The molecule has 7 nitrogen and oxygen atoms in total. The number of hydrogen-bond donors (Lipinski definition) is 2. The predicted molar refractivity (Wildman–Crippen MR) is 59.6 cm³/mol. The Morgan fingerprint density at radius 1 is 1.47 bits per heavy atom. The highest BCUT2D eigenvalue weighted by Crippen LogP contribution is 2.07. The topological polar surface area (TPSA) is 87.7 Å². The van der Waals surface area contributed by atoms with Gasteiger partial charge in [-0.15, -0.1) is 11.6 Å². The maximum absolute atomic E-state index is 11.7.